The maximum absolute atomic E-state index is 12.6. The zero-order chi connectivity index (χ0) is 16.6. The number of rotatable bonds is 4. The molecule has 0 radical (unpaired) electrons. The molecule has 0 unspecified atom stereocenters. The van der Waals surface area contributed by atoms with Crippen LogP contribution in [0.5, 0.6) is 5.75 Å². The normalized spacial score (nSPS) is 17.0. The van der Waals surface area contributed by atoms with Crippen molar-refractivity contribution < 1.29 is 9.53 Å². The molecule has 5 nitrogen and oxygen atoms in total. The number of ether oxygens (including phenoxy) is 1. The van der Waals surface area contributed by atoms with Crippen molar-refractivity contribution in [2.24, 2.45) is 0 Å². The Labute approximate surface area is 136 Å². The van der Waals surface area contributed by atoms with Crippen LogP contribution in [0.25, 0.3) is 0 Å². The molecule has 1 aliphatic rings. The number of carbonyl (C=O) groups excluding carboxylic acids is 1. The molecule has 0 aliphatic carbocycles. The minimum absolute atomic E-state index is 0.120. The molecule has 122 valence electrons. The second-order valence-electron chi connectivity index (χ2n) is 6.12. The van der Waals surface area contributed by atoms with Crippen LogP contribution in [0.1, 0.15) is 35.0 Å². The van der Waals surface area contributed by atoms with Gasteiger partial charge in [0.15, 0.2) is 0 Å². The minimum atomic E-state index is 0.120. The number of nitrogens with zero attached hydrogens (tertiary/aromatic N) is 3. The van der Waals surface area contributed by atoms with Gasteiger partial charge in [-0.2, -0.15) is 5.10 Å². The molecule has 2 aromatic rings. The Balaban J connectivity index is 1.73. The first-order valence-corrected chi connectivity index (χ1v) is 7.95. The summed E-state index contributed by atoms with van der Waals surface area (Å²) in [4.78, 5) is 14.6. The van der Waals surface area contributed by atoms with Crippen LogP contribution in [0.3, 0.4) is 0 Å². The molecular weight excluding hydrogens is 290 g/mol. The first kappa shape index (κ1) is 15.6. The molecule has 23 heavy (non-hydrogen) atoms. The molecule has 1 aromatic carbocycles. The second-order valence-corrected chi connectivity index (χ2v) is 6.12. The van der Waals surface area contributed by atoms with Crippen LogP contribution in [0, 0.1) is 20.8 Å². The molecule has 3 rings (SSSR count). The summed E-state index contributed by atoms with van der Waals surface area (Å²) in [6.45, 7) is 7.14. The Morgan fingerprint density at radius 3 is 2.70 bits per heavy atom. The van der Waals surface area contributed by atoms with Gasteiger partial charge in [-0.3, -0.25) is 9.48 Å². The average Bonchev–Trinajstić information content (AvgIpc) is 2.73. The van der Waals surface area contributed by atoms with Crippen LogP contribution in [0.4, 0.5) is 0 Å². The molecule has 1 aliphatic heterocycles. The molecule has 0 spiro atoms. The van der Waals surface area contributed by atoms with E-state index in [2.05, 4.69) is 11.2 Å². The predicted molar refractivity (Wildman–Crippen MR) is 88.5 cm³/mol. The largest absolute Gasteiger partial charge is 0.497 e. The lowest BCUT2D eigenvalue weighted by Gasteiger charge is -2.41. The summed E-state index contributed by atoms with van der Waals surface area (Å²) in [7, 11) is 1.66. The van der Waals surface area contributed by atoms with E-state index in [-0.39, 0.29) is 11.9 Å². The third-order valence-corrected chi connectivity index (χ3v) is 4.85. The number of benzene rings is 1. The molecule has 1 aromatic heterocycles. The van der Waals surface area contributed by atoms with Gasteiger partial charge < -0.3 is 9.64 Å². The van der Waals surface area contributed by atoms with Crippen LogP contribution in [0.2, 0.25) is 0 Å². The molecule has 0 N–H and O–H groups in total. The van der Waals surface area contributed by atoms with Crippen LogP contribution >= 0.6 is 0 Å². The summed E-state index contributed by atoms with van der Waals surface area (Å²) in [5, 5.41) is 4.46. The highest BCUT2D eigenvalue weighted by molar-refractivity contribution is 5.77. The van der Waals surface area contributed by atoms with Crippen molar-refractivity contribution in [1.82, 2.24) is 14.7 Å². The Morgan fingerprint density at radius 2 is 2.13 bits per heavy atom. The van der Waals surface area contributed by atoms with Gasteiger partial charge in [0.05, 0.1) is 18.8 Å². The van der Waals surface area contributed by atoms with Gasteiger partial charge in [0, 0.05) is 12.2 Å². The fraction of sp³-hybridized carbons (Fsp3) is 0.444. The first-order valence-electron chi connectivity index (χ1n) is 7.95. The number of carbonyl (C=O) groups is 1. The van der Waals surface area contributed by atoms with Gasteiger partial charge in [0.1, 0.15) is 12.3 Å². The molecular formula is C18H23N3O2. The third kappa shape index (κ3) is 2.83. The smallest absolute Gasteiger partial charge is 0.244 e. The van der Waals surface area contributed by atoms with E-state index in [1.807, 2.05) is 48.6 Å². The highest BCUT2D eigenvalue weighted by atomic mass is 16.5. The molecule has 2 heterocycles. The molecule has 0 bridgehead atoms. The SMILES string of the molecule is COc1cccc([C@@H]2CCN2C(=O)Cn2nc(C)c(C)c2C)c1. The topological polar surface area (TPSA) is 47.4 Å². The standard InChI is InChI=1S/C18H23N3O2/c1-12-13(2)19-21(14(12)3)11-18(22)20-9-8-17(20)15-6-5-7-16(10-15)23-4/h5-7,10,17H,8-9,11H2,1-4H3/t17-/m0/s1. The van der Waals surface area contributed by atoms with E-state index in [4.69, 9.17) is 4.74 Å². The van der Waals surface area contributed by atoms with Crippen molar-refractivity contribution in [1.29, 1.82) is 0 Å². The summed E-state index contributed by atoms with van der Waals surface area (Å²) in [5.41, 5.74) is 4.34. The van der Waals surface area contributed by atoms with Gasteiger partial charge >= 0.3 is 0 Å². The molecule has 1 saturated heterocycles. The predicted octanol–water partition coefficient (Wildman–Crippen LogP) is 2.79. The van der Waals surface area contributed by atoms with Crippen molar-refractivity contribution in [3.8, 4) is 5.75 Å². The van der Waals surface area contributed by atoms with Gasteiger partial charge in [0.2, 0.25) is 5.91 Å². The lowest BCUT2D eigenvalue weighted by molar-refractivity contribution is -0.140. The van der Waals surface area contributed by atoms with Gasteiger partial charge in [-0.05, 0) is 50.5 Å². The molecule has 1 fully saturated rings. The zero-order valence-corrected chi connectivity index (χ0v) is 14.2. The highest BCUT2D eigenvalue weighted by Gasteiger charge is 2.33. The Kier molecular flexibility index (Phi) is 4.11. The summed E-state index contributed by atoms with van der Waals surface area (Å²) >= 11 is 0. The number of amides is 1. The van der Waals surface area contributed by atoms with E-state index in [9.17, 15) is 4.79 Å². The summed E-state index contributed by atoms with van der Waals surface area (Å²) in [5.74, 6) is 0.950. The van der Waals surface area contributed by atoms with E-state index in [0.717, 1.165) is 41.2 Å². The van der Waals surface area contributed by atoms with Gasteiger partial charge in [-0.15, -0.1) is 0 Å². The van der Waals surface area contributed by atoms with Gasteiger partial charge in [-0.1, -0.05) is 12.1 Å². The van der Waals surface area contributed by atoms with Crippen molar-refractivity contribution in [2.75, 3.05) is 13.7 Å². The maximum Gasteiger partial charge on any atom is 0.244 e. The average molecular weight is 313 g/mol. The van der Waals surface area contributed by atoms with Crippen LogP contribution < -0.4 is 4.74 Å². The minimum Gasteiger partial charge on any atom is -0.497 e. The summed E-state index contributed by atoms with van der Waals surface area (Å²) < 4.78 is 7.09. The van der Waals surface area contributed by atoms with Crippen molar-refractivity contribution >= 4 is 5.91 Å². The molecule has 1 atom stereocenters. The van der Waals surface area contributed by atoms with E-state index >= 15 is 0 Å². The highest BCUT2D eigenvalue weighted by Crippen LogP contribution is 2.34. The molecule has 0 saturated carbocycles. The number of aryl methyl sites for hydroxylation is 1. The quantitative estimate of drug-likeness (QED) is 0.872. The Hall–Kier alpha value is -2.30. The lowest BCUT2D eigenvalue weighted by atomic mass is 9.94. The summed E-state index contributed by atoms with van der Waals surface area (Å²) in [6.07, 6.45) is 0.995. The van der Waals surface area contributed by atoms with Crippen LogP contribution in [-0.2, 0) is 11.3 Å². The van der Waals surface area contributed by atoms with E-state index in [0.29, 0.717) is 6.54 Å². The van der Waals surface area contributed by atoms with E-state index in [1.165, 1.54) is 0 Å². The van der Waals surface area contributed by atoms with Gasteiger partial charge in [-0.25, -0.2) is 0 Å². The van der Waals surface area contributed by atoms with E-state index in [1.54, 1.807) is 7.11 Å². The van der Waals surface area contributed by atoms with Crippen molar-refractivity contribution in [3.05, 3.63) is 46.8 Å². The third-order valence-electron chi connectivity index (χ3n) is 4.85. The number of likely N-dealkylation sites (tertiary alicyclic amines) is 1. The number of hydrogen-bond donors (Lipinski definition) is 0. The maximum atomic E-state index is 12.6. The second kappa shape index (κ2) is 6.07. The zero-order valence-electron chi connectivity index (χ0n) is 14.2. The molecule has 1 amide bonds. The Bertz CT molecular complexity index is 736. The number of hydrogen-bond acceptors (Lipinski definition) is 3. The fourth-order valence-electron chi connectivity index (χ4n) is 3.04. The van der Waals surface area contributed by atoms with Gasteiger partial charge in [0.25, 0.3) is 0 Å². The summed E-state index contributed by atoms with van der Waals surface area (Å²) in [6, 6.07) is 8.11. The van der Waals surface area contributed by atoms with Crippen molar-refractivity contribution in [3.63, 3.8) is 0 Å². The van der Waals surface area contributed by atoms with Crippen LogP contribution in [-0.4, -0.2) is 34.2 Å². The van der Waals surface area contributed by atoms with E-state index < -0.39 is 0 Å². The fourth-order valence-corrected chi connectivity index (χ4v) is 3.04. The van der Waals surface area contributed by atoms with Crippen LogP contribution in [0.15, 0.2) is 24.3 Å². The Morgan fingerprint density at radius 1 is 1.35 bits per heavy atom. The molecule has 5 heteroatoms. The van der Waals surface area contributed by atoms with Crippen molar-refractivity contribution in [2.45, 2.75) is 39.8 Å². The first-order chi connectivity index (χ1) is 11.0. The number of methoxy groups -OCH3 is 1. The monoisotopic (exact) mass is 313 g/mol. The number of aromatic nitrogens is 2. The lowest BCUT2D eigenvalue weighted by Crippen LogP contribution is -2.46.